The van der Waals surface area contributed by atoms with Crippen LogP contribution in [0.2, 0.25) is 0 Å². The van der Waals surface area contributed by atoms with Crippen LogP contribution in [-0.2, 0) is 11.2 Å². The molecule has 1 aromatic rings. The van der Waals surface area contributed by atoms with Gasteiger partial charge in [0.25, 0.3) is 0 Å². The Morgan fingerprint density at radius 3 is 3.12 bits per heavy atom. The summed E-state index contributed by atoms with van der Waals surface area (Å²) in [5.74, 6) is 1.01. The van der Waals surface area contributed by atoms with Gasteiger partial charge in [0.05, 0.1) is 6.04 Å². The molecule has 86 valence electrons. The molecular weight excluding hydrogens is 204 g/mol. The van der Waals surface area contributed by atoms with E-state index in [-0.39, 0.29) is 11.8 Å². The second-order valence-corrected chi connectivity index (χ2v) is 3.91. The number of aliphatic imine (C=N–C) groups is 1. The molecule has 0 spiro atoms. The number of aromatic hydroxyl groups is 1. The summed E-state index contributed by atoms with van der Waals surface area (Å²) in [5.41, 5.74) is 6.47. The topological polar surface area (TPSA) is 67.8 Å². The maximum Gasteiger partial charge on any atom is 0.188 e. The summed E-state index contributed by atoms with van der Waals surface area (Å²) in [6.45, 7) is 1.27. The van der Waals surface area contributed by atoms with Crippen molar-refractivity contribution < 1.29 is 9.84 Å². The van der Waals surface area contributed by atoms with E-state index in [2.05, 4.69) is 4.99 Å². The highest BCUT2D eigenvalue weighted by Gasteiger charge is 2.17. The molecule has 2 rings (SSSR count). The van der Waals surface area contributed by atoms with Crippen LogP contribution in [0.5, 0.6) is 5.75 Å². The first-order valence-corrected chi connectivity index (χ1v) is 5.45. The molecule has 3 N–H and O–H groups in total. The van der Waals surface area contributed by atoms with E-state index in [1.807, 2.05) is 12.1 Å². The Bertz CT molecular complexity index is 390. The van der Waals surface area contributed by atoms with Crippen molar-refractivity contribution in [2.75, 3.05) is 13.2 Å². The lowest BCUT2D eigenvalue weighted by Crippen LogP contribution is -2.12. The van der Waals surface area contributed by atoms with Crippen molar-refractivity contribution in [1.29, 1.82) is 0 Å². The molecule has 1 atom stereocenters. The largest absolute Gasteiger partial charge is 0.508 e. The molecule has 1 aromatic carbocycles. The van der Waals surface area contributed by atoms with Crippen LogP contribution in [0.1, 0.15) is 12.0 Å². The van der Waals surface area contributed by atoms with Crippen LogP contribution in [0.4, 0.5) is 0 Å². The minimum Gasteiger partial charge on any atom is -0.508 e. The number of phenolic OH excluding ortho intramolecular Hbond substituents is 1. The average Bonchev–Trinajstić information content (AvgIpc) is 2.66. The van der Waals surface area contributed by atoms with E-state index in [4.69, 9.17) is 10.5 Å². The van der Waals surface area contributed by atoms with E-state index < -0.39 is 0 Å². The summed E-state index contributed by atoms with van der Waals surface area (Å²) >= 11 is 0. The zero-order valence-electron chi connectivity index (χ0n) is 9.10. The van der Waals surface area contributed by atoms with Crippen LogP contribution in [0.15, 0.2) is 29.3 Å². The molecule has 0 saturated heterocycles. The van der Waals surface area contributed by atoms with E-state index in [1.165, 1.54) is 0 Å². The third-order valence-electron chi connectivity index (χ3n) is 2.53. The van der Waals surface area contributed by atoms with Gasteiger partial charge in [-0.15, -0.1) is 0 Å². The fourth-order valence-electron chi connectivity index (χ4n) is 1.75. The predicted octanol–water partition coefficient (Wildman–Crippen LogP) is 1.08. The molecule has 16 heavy (non-hydrogen) atoms. The van der Waals surface area contributed by atoms with Gasteiger partial charge in [0.15, 0.2) is 5.90 Å². The van der Waals surface area contributed by atoms with Crippen molar-refractivity contribution in [3.05, 3.63) is 29.8 Å². The number of nitrogens with two attached hydrogens (primary N) is 1. The minimum atomic E-state index is 0.206. The van der Waals surface area contributed by atoms with E-state index in [0.717, 1.165) is 17.9 Å². The zero-order valence-corrected chi connectivity index (χ0v) is 9.10. The summed E-state index contributed by atoms with van der Waals surface area (Å²) in [7, 11) is 0. The summed E-state index contributed by atoms with van der Waals surface area (Å²) < 4.78 is 5.47. The van der Waals surface area contributed by atoms with Gasteiger partial charge in [-0.1, -0.05) is 12.1 Å². The monoisotopic (exact) mass is 220 g/mol. The summed E-state index contributed by atoms with van der Waals surface area (Å²) in [6, 6.07) is 7.34. The molecule has 4 nitrogen and oxygen atoms in total. The SMILES string of the molecule is NCCC1COC(Cc2cccc(O)c2)=N1. The third kappa shape index (κ3) is 2.73. The lowest BCUT2D eigenvalue weighted by molar-refractivity contribution is 0.307. The van der Waals surface area contributed by atoms with Gasteiger partial charge in [0.2, 0.25) is 0 Å². The fraction of sp³-hybridized carbons (Fsp3) is 0.417. The molecule has 1 aliphatic rings. The van der Waals surface area contributed by atoms with Crippen LogP contribution in [0, 0.1) is 0 Å². The van der Waals surface area contributed by atoms with Crippen LogP contribution < -0.4 is 5.73 Å². The number of ether oxygens (including phenoxy) is 1. The average molecular weight is 220 g/mol. The third-order valence-corrected chi connectivity index (χ3v) is 2.53. The van der Waals surface area contributed by atoms with Crippen LogP contribution in [0.3, 0.4) is 0 Å². The molecule has 1 unspecified atom stereocenters. The molecule has 0 aliphatic carbocycles. The lowest BCUT2D eigenvalue weighted by atomic mass is 10.1. The first-order valence-electron chi connectivity index (χ1n) is 5.45. The van der Waals surface area contributed by atoms with Gasteiger partial charge in [-0.05, 0) is 30.7 Å². The number of hydrogen-bond donors (Lipinski definition) is 2. The standard InChI is InChI=1S/C12H16N2O2/c13-5-4-10-8-16-12(14-10)7-9-2-1-3-11(15)6-9/h1-3,6,10,15H,4-5,7-8,13H2. The smallest absolute Gasteiger partial charge is 0.188 e. The molecule has 0 fully saturated rings. The molecule has 0 bridgehead atoms. The van der Waals surface area contributed by atoms with E-state index in [0.29, 0.717) is 19.6 Å². The number of rotatable bonds is 4. The Hall–Kier alpha value is -1.55. The van der Waals surface area contributed by atoms with Gasteiger partial charge in [-0.2, -0.15) is 0 Å². The van der Waals surface area contributed by atoms with Gasteiger partial charge in [-0.25, -0.2) is 4.99 Å². The Labute approximate surface area is 94.8 Å². The summed E-state index contributed by atoms with van der Waals surface area (Å²) in [5, 5.41) is 9.33. The van der Waals surface area contributed by atoms with Crippen LogP contribution >= 0.6 is 0 Å². The second-order valence-electron chi connectivity index (χ2n) is 3.91. The number of nitrogens with zero attached hydrogens (tertiary/aromatic N) is 1. The molecule has 4 heteroatoms. The summed E-state index contributed by atoms with van der Waals surface area (Å²) in [6.07, 6.45) is 1.50. The maximum atomic E-state index is 9.33. The van der Waals surface area contributed by atoms with Crippen LogP contribution in [0.25, 0.3) is 0 Å². The van der Waals surface area contributed by atoms with Gasteiger partial charge in [-0.3, -0.25) is 0 Å². The Kier molecular flexibility index (Phi) is 3.41. The van der Waals surface area contributed by atoms with Gasteiger partial charge in [0.1, 0.15) is 12.4 Å². The van der Waals surface area contributed by atoms with E-state index in [9.17, 15) is 5.11 Å². The molecule has 0 radical (unpaired) electrons. The fourth-order valence-corrected chi connectivity index (χ4v) is 1.75. The van der Waals surface area contributed by atoms with Crippen molar-refractivity contribution in [2.24, 2.45) is 10.7 Å². The van der Waals surface area contributed by atoms with Gasteiger partial charge < -0.3 is 15.6 Å². The normalized spacial score (nSPS) is 19.3. The van der Waals surface area contributed by atoms with Crippen molar-refractivity contribution in [3.8, 4) is 5.75 Å². The Balaban J connectivity index is 1.98. The highest BCUT2D eigenvalue weighted by Crippen LogP contribution is 2.15. The number of phenols is 1. The van der Waals surface area contributed by atoms with Crippen molar-refractivity contribution >= 4 is 5.90 Å². The van der Waals surface area contributed by atoms with Gasteiger partial charge in [0, 0.05) is 6.42 Å². The van der Waals surface area contributed by atoms with E-state index in [1.54, 1.807) is 12.1 Å². The quantitative estimate of drug-likeness (QED) is 0.797. The summed E-state index contributed by atoms with van der Waals surface area (Å²) in [4.78, 5) is 4.44. The first kappa shape index (κ1) is 11.0. The zero-order chi connectivity index (χ0) is 11.4. The predicted molar refractivity (Wildman–Crippen MR) is 62.7 cm³/mol. The molecule has 0 saturated carbocycles. The Morgan fingerprint density at radius 2 is 2.38 bits per heavy atom. The molecular formula is C12H16N2O2. The second kappa shape index (κ2) is 4.99. The molecule has 1 aliphatic heterocycles. The molecule has 0 aromatic heterocycles. The van der Waals surface area contributed by atoms with E-state index >= 15 is 0 Å². The van der Waals surface area contributed by atoms with Crippen molar-refractivity contribution in [2.45, 2.75) is 18.9 Å². The number of hydrogen-bond acceptors (Lipinski definition) is 4. The number of benzene rings is 1. The van der Waals surface area contributed by atoms with Crippen LogP contribution in [-0.4, -0.2) is 30.2 Å². The highest BCUT2D eigenvalue weighted by molar-refractivity contribution is 5.80. The van der Waals surface area contributed by atoms with Crippen molar-refractivity contribution in [1.82, 2.24) is 0 Å². The molecule has 1 heterocycles. The lowest BCUT2D eigenvalue weighted by Gasteiger charge is -2.02. The first-order chi connectivity index (χ1) is 7.78. The Morgan fingerprint density at radius 1 is 1.50 bits per heavy atom. The minimum absolute atomic E-state index is 0.206. The molecule has 0 amide bonds. The highest BCUT2D eigenvalue weighted by atomic mass is 16.5. The van der Waals surface area contributed by atoms with Crippen molar-refractivity contribution in [3.63, 3.8) is 0 Å². The maximum absolute atomic E-state index is 9.33. The van der Waals surface area contributed by atoms with Gasteiger partial charge >= 0.3 is 0 Å².